The van der Waals surface area contributed by atoms with E-state index < -0.39 is 0 Å². The summed E-state index contributed by atoms with van der Waals surface area (Å²) < 4.78 is 1.74. The molecular weight excluding hydrogens is 312 g/mol. The maximum Gasteiger partial charge on any atom is 0.151 e. The minimum Gasteiger partial charge on any atom is -0.354 e. The summed E-state index contributed by atoms with van der Waals surface area (Å²) in [6.07, 6.45) is 4.06. The van der Waals surface area contributed by atoms with Crippen molar-refractivity contribution in [2.75, 3.05) is 25.0 Å². The number of aromatic nitrogens is 4. The molecule has 0 amide bonds. The van der Waals surface area contributed by atoms with Crippen LogP contribution in [-0.2, 0) is 13.6 Å². The summed E-state index contributed by atoms with van der Waals surface area (Å²) in [5.74, 6) is 0.959. The van der Waals surface area contributed by atoms with Gasteiger partial charge in [-0.2, -0.15) is 10.2 Å². The number of likely N-dealkylation sites (N-methyl/N-ethyl adjacent to an activating group) is 1. The first-order valence-electron chi connectivity index (χ1n) is 7.97. The molecule has 0 unspecified atom stereocenters. The number of aryl methyl sites for hydroxylation is 2. The van der Waals surface area contributed by atoms with Gasteiger partial charge >= 0.3 is 0 Å². The molecule has 2 aromatic rings. The summed E-state index contributed by atoms with van der Waals surface area (Å²) in [5, 5.41) is 13.4. The first-order valence-corrected chi connectivity index (χ1v) is 8.35. The molecule has 6 nitrogen and oxygen atoms in total. The molecule has 2 aromatic heterocycles. The van der Waals surface area contributed by atoms with Gasteiger partial charge in [0, 0.05) is 44.5 Å². The van der Waals surface area contributed by atoms with Gasteiger partial charge in [0.05, 0.1) is 5.69 Å². The Kier molecular flexibility index (Phi) is 4.82. The van der Waals surface area contributed by atoms with Crippen LogP contribution in [0.4, 0.5) is 5.82 Å². The van der Waals surface area contributed by atoms with Gasteiger partial charge in [-0.25, -0.2) is 0 Å². The average Bonchev–Trinajstić information content (AvgIpc) is 2.82. The lowest BCUT2D eigenvalue weighted by molar-refractivity contribution is 0.207. The zero-order chi connectivity index (χ0) is 16.4. The molecule has 3 rings (SSSR count). The lowest BCUT2D eigenvalue weighted by Crippen LogP contribution is -2.46. The number of hydrogen-bond acceptors (Lipinski definition) is 5. The quantitative estimate of drug-likeness (QED) is 0.858. The van der Waals surface area contributed by atoms with Gasteiger partial charge in [0.25, 0.3) is 0 Å². The molecule has 0 aliphatic carbocycles. The predicted octanol–water partition coefficient (Wildman–Crippen LogP) is 2.27. The summed E-state index contributed by atoms with van der Waals surface area (Å²) in [6, 6.07) is 4.44. The Morgan fingerprint density at radius 3 is 2.91 bits per heavy atom. The Morgan fingerprint density at radius 2 is 2.26 bits per heavy atom. The Hall–Kier alpha value is -1.66. The van der Waals surface area contributed by atoms with Crippen LogP contribution in [0, 0.1) is 6.92 Å². The second-order valence-electron chi connectivity index (χ2n) is 6.22. The Bertz CT molecular complexity index is 656. The number of hydrogen-bond donors (Lipinski definition) is 0. The molecule has 0 radical (unpaired) electrons. The van der Waals surface area contributed by atoms with Crippen LogP contribution in [0.3, 0.4) is 0 Å². The fourth-order valence-electron chi connectivity index (χ4n) is 3.22. The van der Waals surface area contributed by atoms with Crippen LogP contribution in [0.2, 0.25) is 5.15 Å². The normalized spacial score (nSPS) is 18.7. The molecule has 3 heterocycles. The minimum absolute atomic E-state index is 0.474. The largest absolute Gasteiger partial charge is 0.354 e. The van der Waals surface area contributed by atoms with Crippen molar-refractivity contribution in [3.8, 4) is 0 Å². The summed E-state index contributed by atoms with van der Waals surface area (Å²) in [4.78, 5) is 4.69. The van der Waals surface area contributed by atoms with Crippen LogP contribution >= 0.6 is 11.6 Å². The third-order valence-electron chi connectivity index (χ3n) is 4.58. The monoisotopic (exact) mass is 334 g/mol. The SMILES string of the molecule is Cc1nn(C)c(Cl)c1CN(C)[C@H]1CCCN(c2cccnn2)C1. The molecule has 124 valence electrons. The van der Waals surface area contributed by atoms with E-state index in [4.69, 9.17) is 11.6 Å². The Morgan fingerprint density at radius 1 is 1.43 bits per heavy atom. The molecule has 1 fully saturated rings. The number of halogens is 1. The van der Waals surface area contributed by atoms with Gasteiger partial charge in [-0.05, 0) is 38.9 Å². The van der Waals surface area contributed by atoms with Gasteiger partial charge in [-0.3, -0.25) is 9.58 Å². The average molecular weight is 335 g/mol. The highest BCUT2D eigenvalue weighted by molar-refractivity contribution is 6.30. The second-order valence-corrected chi connectivity index (χ2v) is 6.58. The molecule has 0 N–H and O–H groups in total. The molecule has 1 aliphatic heterocycles. The van der Waals surface area contributed by atoms with Crippen LogP contribution in [0.1, 0.15) is 24.1 Å². The molecule has 0 aromatic carbocycles. The minimum atomic E-state index is 0.474. The summed E-state index contributed by atoms with van der Waals surface area (Å²) in [6.45, 7) is 4.83. The van der Waals surface area contributed by atoms with Gasteiger partial charge in [-0.1, -0.05) is 11.6 Å². The first kappa shape index (κ1) is 16.2. The third kappa shape index (κ3) is 3.48. The van der Waals surface area contributed by atoms with Crippen molar-refractivity contribution in [1.82, 2.24) is 24.9 Å². The van der Waals surface area contributed by atoms with Crippen molar-refractivity contribution in [1.29, 1.82) is 0 Å². The lowest BCUT2D eigenvalue weighted by atomic mass is 10.0. The number of rotatable bonds is 4. The van der Waals surface area contributed by atoms with Crippen LogP contribution in [-0.4, -0.2) is 51.1 Å². The van der Waals surface area contributed by atoms with E-state index in [1.165, 1.54) is 6.42 Å². The second kappa shape index (κ2) is 6.84. The van der Waals surface area contributed by atoms with E-state index in [1.54, 1.807) is 10.9 Å². The molecular formula is C16H23ClN6. The van der Waals surface area contributed by atoms with Crippen molar-refractivity contribution in [3.63, 3.8) is 0 Å². The van der Waals surface area contributed by atoms with E-state index in [9.17, 15) is 0 Å². The van der Waals surface area contributed by atoms with E-state index in [-0.39, 0.29) is 0 Å². The highest BCUT2D eigenvalue weighted by atomic mass is 35.5. The first-order chi connectivity index (χ1) is 11.1. The fraction of sp³-hybridized carbons (Fsp3) is 0.562. The number of piperidine rings is 1. The standard InChI is InChI=1S/C16H23ClN6/c1-12-14(16(17)22(3)20-12)11-21(2)13-6-5-9-23(10-13)15-7-4-8-18-19-15/h4,7-8,13H,5-6,9-11H2,1-3H3/t13-/m0/s1. The van der Waals surface area contributed by atoms with Gasteiger partial charge in [0.1, 0.15) is 5.15 Å². The van der Waals surface area contributed by atoms with Crippen LogP contribution in [0.25, 0.3) is 0 Å². The fourth-order valence-corrected chi connectivity index (χ4v) is 3.45. The molecule has 1 atom stereocenters. The molecule has 0 bridgehead atoms. The maximum absolute atomic E-state index is 6.37. The summed E-state index contributed by atoms with van der Waals surface area (Å²) in [5.41, 5.74) is 2.12. The van der Waals surface area contributed by atoms with Crippen molar-refractivity contribution < 1.29 is 0 Å². The Labute approximate surface area is 142 Å². The molecule has 23 heavy (non-hydrogen) atoms. The van der Waals surface area contributed by atoms with Gasteiger partial charge in [-0.15, -0.1) is 5.10 Å². The van der Waals surface area contributed by atoms with Gasteiger partial charge in [0.2, 0.25) is 0 Å². The zero-order valence-electron chi connectivity index (χ0n) is 13.9. The van der Waals surface area contributed by atoms with Crippen LogP contribution in [0.15, 0.2) is 18.3 Å². The van der Waals surface area contributed by atoms with E-state index in [1.807, 2.05) is 26.1 Å². The van der Waals surface area contributed by atoms with Crippen LogP contribution < -0.4 is 4.90 Å². The lowest BCUT2D eigenvalue weighted by Gasteiger charge is -2.38. The molecule has 7 heteroatoms. The third-order valence-corrected chi connectivity index (χ3v) is 5.05. The zero-order valence-corrected chi connectivity index (χ0v) is 14.7. The van der Waals surface area contributed by atoms with Gasteiger partial charge < -0.3 is 4.90 Å². The summed E-state index contributed by atoms with van der Waals surface area (Å²) in [7, 11) is 4.04. The van der Waals surface area contributed by atoms with Crippen molar-refractivity contribution in [2.45, 2.75) is 32.4 Å². The van der Waals surface area contributed by atoms with Crippen molar-refractivity contribution >= 4 is 17.4 Å². The topological polar surface area (TPSA) is 50.1 Å². The predicted molar refractivity (Wildman–Crippen MR) is 91.7 cm³/mol. The smallest absolute Gasteiger partial charge is 0.151 e. The number of anilines is 1. The molecule has 0 saturated carbocycles. The van der Waals surface area contributed by atoms with Crippen LogP contribution in [0.5, 0.6) is 0 Å². The maximum atomic E-state index is 6.37. The highest BCUT2D eigenvalue weighted by Gasteiger charge is 2.25. The van der Waals surface area contributed by atoms with Gasteiger partial charge in [0.15, 0.2) is 5.82 Å². The van der Waals surface area contributed by atoms with E-state index in [0.717, 1.165) is 48.3 Å². The molecule has 1 aliphatic rings. The van der Waals surface area contributed by atoms with E-state index in [0.29, 0.717) is 6.04 Å². The molecule has 0 spiro atoms. The van der Waals surface area contributed by atoms with E-state index in [2.05, 4.69) is 32.1 Å². The van der Waals surface area contributed by atoms with Crippen molar-refractivity contribution in [3.05, 3.63) is 34.7 Å². The number of nitrogens with zero attached hydrogens (tertiary/aromatic N) is 6. The summed E-state index contributed by atoms with van der Waals surface area (Å²) >= 11 is 6.37. The Balaban J connectivity index is 1.68. The highest BCUT2D eigenvalue weighted by Crippen LogP contribution is 2.24. The molecule has 1 saturated heterocycles. The van der Waals surface area contributed by atoms with Crippen molar-refractivity contribution in [2.24, 2.45) is 7.05 Å². The van der Waals surface area contributed by atoms with E-state index >= 15 is 0 Å².